The quantitative estimate of drug-likeness (QED) is 0.213. The van der Waals surface area contributed by atoms with E-state index >= 15 is 0 Å². The number of carbonyl (C=O) groups excluding carboxylic acids is 1. The van der Waals surface area contributed by atoms with Crippen LogP contribution in [0, 0.1) is 5.82 Å². The SMILES string of the molecule is CCOc1cc(/C=N\NC(=O)c2cccc3ccccc23)cc(Br)c1OCc1ccccc1F. The van der Waals surface area contributed by atoms with Crippen molar-refractivity contribution in [3.05, 3.63) is 106 Å². The zero-order valence-corrected chi connectivity index (χ0v) is 20.0. The first kappa shape index (κ1) is 23.4. The number of nitrogens with zero attached hydrogens (tertiary/aromatic N) is 1. The molecule has 0 aromatic heterocycles. The number of nitrogens with one attached hydrogen (secondary N) is 1. The van der Waals surface area contributed by atoms with Crippen LogP contribution in [0.2, 0.25) is 0 Å². The van der Waals surface area contributed by atoms with Gasteiger partial charge in [-0.3, -0.25) is 4.79 Å². The zero-order chi connectivity index (χ0) is 23.9. The fraction of sp³-hybridized carbons (Fsp3) is 0.111. The lowest BCUT2D eigenvalue weighted by Crippen LogP contribution is -2.17. The van der Waals surface area contributed by atoms with Gasteiger partial charge in [-0.05, 0) is 63.5 Å². The number of amides is 1. The Labute approximate surface area is 205 Å². The molecule has 0 aliphatic heterocycles. The maximum absolute atomic E-state index is 13.9. The van der Waals surface area contributed by atoms with Crippen LogP contribution in [-0.2, 0) is 6.61 Å². The van der Waals surface area contributed by atoms with Gasteiger partial charge in [-0.2, -0.15) is 5.10 Å². The summed E-state index contributed by atoms with van der Waals surface area (Å²) in [6.07, 6.45) is 1.52. The van der Waals surface area contributed by atoms with E-state index in [2.05, 4.69) is 26.5 Å². The average molecular weight is 521 g/mol. The number of fused-ring (bicyclic) bond motifs is 1. The molecule has 5 nitrogen and oxygen atoms in total. The zero-order valence-electron chi connectivity index (χ0n) is 18.4. The highest BCUT2D eigenvalue weighted by Gasteiger charge is 2.14. The van der Waals surface area contributed by atoms with E-state index in [1.54, 1.807) is 36.4 Å². The van der Waals surface area contributed by atoms with Crippen molar-refractivity contribution in [3.8, 4) is 11.5 Å². The fourth-order valence-corrected chi connectivity index (χ4v) is 4.05. The third-order valence-electron chi connectivity index (χ3n) is 5.08. The third-order valence-corrected chi connectivity index (χ3v) is 5.66. The molecule has 0 heterocycles. The number of benzene rings is 4. The second-order valence-corrected chi connectivity index (χ2v) is 8.22. The van der Waals surface area contributed by atoms with E-state index < -0.39 is 0 Å². The van der Waals surface area contributed by atoms with Gasteiger partial charge in [-0.1, -0.05) is 54.6 Å². The molecule has 0 bridgehead atoms. The molecule has 0 spiro atoms. The Hall–Kier alpha value is -3.71. The van der Waals surface area contributed by atoms with E-state index in [9.17, 15) is 9.18 Å². The smallest absolute Gasteiger partial charge is 0.271 e. The summed E-state index contributed by atoms with van der Waals surface area (Å²) in [5.74, 6) is 0.307. The summed E-state index contributed by atoms with van der Waals surface area (Å²) in [4.78, 5) is 12.7. The molecule has 0 aliphatic carbocycles. The highest BCUT2D eigenvalue weighted by Crippen LogP contribution is 2.37. The van der Waals surface area contributed by atoms with Crippen molar-refractivity contribution in [2.75, 3.05) is 6.61 Å². The van der Waals surface area contributed by atoms with Crippen molar-refractivity contribution in [1.29, 1.82) is 0 Å². The lowest BCUT2D eigenvalue weighted by atomic mass is 10.0. The molecule has 7 heteroatoms. The second kappa shape index (κ2) is 10.9. The number of ether oxygens (including phenoxy) is 2. The van der Waals surface area contributed by atoms with Gasteiger partial charge >= 0.3 is 0 Å². The standard InChI is InChI=1S/C27H22BrFN2O3/c1-2-33-25-15-18(14-23(28)26(25)34-17-20-9-4-6-13-24(20)29)16-30-31-27(32)22-12-7-10-19-8-3-5-11-21(19)22/h3-16H,2,17H2,1H3,(H,31,32)/b30-16-. The van der Waals surface area contributed by atoms with Crippen LogP contribution in [0.15, 0.2) is 88.4 Å². The van der Waals surface area contributed by atoms with Crippen molar-refractivity contribution in [2.45, 2.75) is 13.5 Å². The number of carbonyl (C=O) groups is 1. The minimum atomic E-state index is -0.331. The van der Waals surface area contributed by atoms with Gasteiger partial charge in [0.25, 0.3) is 5.91 Å². The van der Waals surface area contributed by atoms with Crippen LogP contribution < -0.4 is 14.9 Å². The summed E-state index contributed by atoms with van der Waals surface area (Å²) in [5, 5.41) is 5.95. The van der Waals surface area contributed by atoms with Crippen LogP contribution in [0.5, 0.6) is 11.5 Å². The summed E-state index contributed by atoms with van der Waals surface area (Å²) in [7, 11) is 0. The molecular formula is C27H22BrFN2O3. The van der Waals surface area contributed by atoms with Crippen LogP contribution in [0.3, 0.4) is 0 Å². The molecule has 4 aromatic carbocycles. The van der Waals surface area contributed by atoms with Crippen LogP contribution in [0.25, 0.3) is 10.8 Å². The summed E-state index contributed by atoms with van der Waals surface area (Å²) in [5.41, 5.74) is 4.25. The normalized spacial score (nSPS) is 11.0. The number of hydrogen-bond donors (Lipinski definition) is 1. The Morgan fingerprint density at radius 1 is 1.03 bits per heavy atom. The van der Waals surface area contributed by atoms with Gasteiger partial charge in [0.1, 0.15) is 12.4 Å². The van der Waals surface area contributed by atoms with E-state index in [0.29, 0.717) is 39.3 Å². The maximum atomic E-state index is 13.9. The van der Waals surface area contributed by atoms with Crippen molar-refractivity contribution < 1.29 is 18.7 Å². The van der Waals surface area contributed by atoms with Gasteiger partial charge in [0, 0.05) is 11.1 Å². The lowest BCUT2D eigenvalue weighted by molar-refractivity contribution is 0.0957. The Balaban J connectivity index is 1.50. The van der Waals surface area contributed by atoms with Crippen LogP contribution in [-0.4, -0.2) is 18.7 Å². The molecule has 0 saturated heterocycles. The van der Waals surface area contributed by atoms with E-state index in [-0.39, 0.29) is 18.3 Å². The molecular weight excluding hydrogens is 499 g/mol. The Morgan fingerprint density at radius 3 is 2.62 bits per heavy atom. The average Bonchev–Trinajstić information content (AvgIpc) is 2.84. The molecule has 1 amide bonds. The predicted octanol–water partition coefficient (Wildman–Crippen LogP) is 6.48. The van der Waals surface area contributed by atoms with Crippen molar-refractivity contribution in [3.63, 3.8) is 0 Å². The number of hydrazone groups is 1. The van der Waals surface area contributed by atoms with Crippen molar-refractivity contribution in [1.82, 2.24) is 5.43 Å². The fourth-order valence-electron chi connectivity index (χ4n) is 3.48. The number of rotatable bonds is 8. The molecule has 4 aromatic rings. The second-order valence-electron chi connectivity index (χ2n) is 7.37. The minimum Gasteiger partial charge on any atom is -0.490 e. The highest BCUT2D eigenvalue weighted by atomic mass is 79.9. The maximum Gasteiger partial charge on any atom is 0.271 e. The molecule has 0 fully saturated rings. The minimum absolute atomic E-state index is 0.0554. The lowest BCUT2D eigenvalue weighted by Gasteiger charge is -2.15. The number of halogens is 2. The predicted molar refractivity (Wildman–Crippen MR) is 135 cm³/mol. The van der Waals surface area contributed by atoms with Crippen molar-refractivity contribution >= 4 is 38.8 Å². The van der Waals surface area contributed by atoms with Gasteiger partial charge in [0.05, 0.1) is 17.3 Å². The van der Waals surface area contributed by atoms with E-state index in [0.717, 1.165) is 10.8 Å². The van der Waals surface area contributed by atoms with E-state index in [4.69, 9.17) is 9.47 Å². The molecule has 0 unspecified atom stereocenters. The molecule has 4 rings (SSSR count). The summed E-state index contributed by atoms with van der Waals surface area (Å²) >= 11 is 3.50. The van der Waals surface area contributed by atoms with E-state index in [1.165, 1.54) is 12.3 Å². The van der Waals surface area contributed by atoms with Gasteiger partial charge in [0.2, 0.25) is 0 Å². The summed E-state index contributed by atoms with van der Waals surface area (Å²) in [6, 6.07) is 23.2. The molecule has 0 aliphatic rings. The van der Waals surface area contributed by atoms with Crippen LogP contribution in [0.4, 0.5) is 4.39 Å². The summed E-state index contributed by atoms with van der Waals surface area (Å²) < 4.78 is 26.1. The molecule has 0 atom stereocenters. The Bertz CT molecular complexity index is 1350. The third kappa shape index (κ3) is 5.43. The Morgan fingerprint density at radius 2 is 1.79 bits per heavy atom. The molecule has 0 saturated carbocycles. The largest absolute Gasteiger partial charge is 0.490 e. The van der Waals surface area contributed by atoms with Gasteiger partial charge in [-0.25, -0.2) is 9.82 Å². The number of hydrogen-bond acceptors (Lipinski definition) is 4. The first-order valence-corrected chi connectivity index (χ1v) is 11.5. The van der Waals surface area contributed by atoms with Crippen molar-refractivity contribution in [2.24, 2.45) is 5.10 Å². The molecule has 34 heavy (non-hydrogen) atoms. The van der Waals surface area contributed by atoms with Crippen LogP contribution in [0.1, 0.15) is 28.4 Å². The van der Waals surface area contributed by atoms with Gasteiger partial charge < -0.3 is 9.47 Å². The molecule has 0 radical (unpaired) electrons. The first-order valence-electron chi connectivity index (χ1n) is 10.7. The molecule has 1 N–H and O–H groups in total. The van der Waals surface area contributed by atoms with E-state index in [1.807, 2.05) is 43.3 Å². The van der Waals surface area contributed by atoms with Gasteiger partial charge in [-0.15, -0.1) is 0 Å². The van der Waals surface area contributed by atoms with Crippen LogP contribution >= 0.6 is 15.9 Å². The monoisotopic (exact) mass is 520 g/mol. The first-order chi connectivity index (χ1) is 16.6. The topological polar surface area (TPSA) is 59.9 Å². The van der Waals surface area contributed by atoms with Gasteiger partial charge in [0.15, 0.2) is 11.5 Å². The Kier molecular flexibility index (Phi) is 7.54. The highest BCUT2D eigenvalue weighted by molar-refractivity contribution is 9.10. The summed E-state index contributed by atoms with van der Waals surface area (Å²) in [6.45, 7) is 2.33. The molecule has 172 valence electrons.